The Morgan fingerprint density at radius 1 is 1.38 bits per heavy atom. The van der Waals surface area contributed by atoms with Gasteiger partial charge in [0.2, 0.25) is 11.7 Å². The number of hydrogen-bond acceptors (Lipinski definition) is 4. The molecular weight excluding hydrogens is 330 g/mol. The summed E-state index contributed by atoms with van der Waals surface area (Å²) in [4.78, 5) is 25.5. The normalized spacial score (nSPS) is 17.6. The van der Waals surface area contributed by atoms with E-state index in [9.17, 15) is 9.59 Å². The summed E-state index contributed by atoms with van der Waals surface area (Å²) in [5.41, 5.74) is 1.36. The molecule has 126 valence electrons. The lowest BCUT2D eigenvalue weighted by molar-refractivity contribution is -0.120. The first-order chi connectivity index (χ1) is 11.5. The number of benzene rings is 1. The standard InChI is InChI=1S/C17H18ClN3O3/c1-11(22)19-14-6-3-7-21(10-14)17(23)16-9-15(20-24-16)12-4-2-5-13(18)8-12/h2,4-5,8-9,14H,3,6-7,10H2,1H3,(H,19,22). The van der Waals surface area contributed by atoms with E-state index in [0.29, 0.717) is 23.8 Å². The summed E-state index contributed by atoms with van der Waals surface area (Å²) in [6.07, 6.45) is 1.71. The maximum atomic E-state index is 12.6. The van der Waals surface area contributed by atoms with Crippen LogP contribution in [0.1, 0.15) is 30.3 Å². The zero-order valence-corrected chi connectivity index (χ0v) is 14.0. The minimum Gasteiger partial charge on any atom is -0.352 e. The van der Waals surface area contributed by atoms with Gasteiger partial charge in [0.15, 0.2) is 0 Å². The van der Waals surface area contributed by atoms with Crippen LogP contribution in [0, 0.1) is 0 Å². The molecule has 2 amide bonds. The summed E-state index contributed by atoms with van der Waals surface area (Å²) in [6, 6.07) is 8.81. The van der Waals surface area contributed by atoms with Crippen LogP contribution in [0.3, 0.4) is 0 Å². The molecule has 6 nitrogen and oxygen atoms in total. The van der Waals surface area contributed by atoms with Gasteiger partial charge in [-0.2, -0.15) is 0 Å². The van der Waals surface area contributed by atoms with Crippen molar-refractivity contribution in [1.29, 1.82) is 0 Å². The predicted octanol–water partition coefficient (Wildman–Crippen LogP) is 2.74. The molecule has 1 unspecified atom stereocenters. The number of hydrogen-bond donors (Lipinski definition) is 1. The Labute approximate surface area is 144 Å². The molecule has 1 fully saturated rings. The average Bonchev–Trinajstić information content (AvgIpc) is 3.04. The highest BCUT2D eigenvalue weighted by atomic mass is 35.5. The van der Waals surface area contributed by atoms with Gasteiger partial charge in [-0.3, -0.25) is 9.59 Å². The van der Waals surface area contributed by atoms with E-state index >= 15 is 0 Å². The van der Waals surface area contributed by atoms with Crippen LogP contribution >= 0.6 is 11.6 Å². The lowest BCUT2D eigenvalue weighted by atomic mass is 10.1. The van der Waals surface area contributed by atoms with Crippen LogP contribution in [0.2, 0.25) is 5.02 Å². The molecule has 0 radical (unpaired) electrons. The van der Waals surface area contributed by atoms with E-state index < -0.39 is 0 Å². The zero-order valence-electron chi connectivity index (χ0n) is 13.3. The summed E-state index contributed by atoms with van der Waals surface area (Å²) in [5.74, 6) is -0.114. The van der Waals surface area contributed by atoms with Crippen LogP contribution in [0.15, 0.2) is 34.9 Å². The number of aromatic nitrogens is 1. The minimum absolute atomic E-state index is 0.0180. The van der Waals surface area contributed by atoms with Gasteiger partial charge in [-0.25, -0.2) is 0 Å². The van der Waals surface area contributed by atoms with Gasteiger partial charge in [0.25, 0.3) is 5.91 Å². The van der Waals surface area contributed by atoms with Gasteiger partial charge in [-0.1, -0.05) is 28.9 Å². The van der Waals surface area contributed by atoms with Crippen LogP contribution < -0.4 is 5.32 Å². The van der Waals surface area contributed by atoms with Crippen molar-refractivity contribution < 1.29 is 14.1 Å². The number of carbonyl (C=O) groups is 2. The molecule has 1 aliphatic rings. The van der Waals surface area contributed by atoms with Crippen molar-refractivity contribution in [2.45, 2.75) is 25.8 Å². The summed E-state index contributed by atoms with van der Waals surface area (Å²) in [6.45, 7) is 2.60. The molecule has 3 rings (SSSR count). The van der Waals surface area contributed by atoms with Gasteiger partial charge in [-0.15, -0.1) is 0 Å². The van der Waals surface area contributed by atoms with E-state index in [4.69, 9.17) is 16.1 Å². The monoisotopic (exact) mass is 347 g/mol. The first-order valence-electron chi connectivity index (χ1n) is 7.82. The van der Waals surface area contributed by atoms with E-state index in [1.165, 1.54) is 6.92 Å². The van der Waals surface area contributed by atoms with Crippen molar-refractivity contribution in [2.24, 2.45) is 0 Å². The number of rotatable bonds is 3. The third-order valence-corrected chi connectivity index (χ3v) is 4.19. The van der Waals surface area contributed by atoms with Gasteiger partial charge in [0.05, 0.1) is 0 Å². The lowest BCUT2D eigenvalue weighted by Crippen LogP contribution is -2.49. The number of nitrogens with zero attached hydrogens (tertiary/aromatic N) is 2. The Bertz CT molecular complexity index is 759. The quantitative estimate of drug-likeness (QED) is 0.926. The molecule has 0 bridgehead atoms. The first kappa shape index (κ1) is 16.5. The number of amides is 2. The Morgan fingerprint density at radius 3 is 2.96 bits per heavy atom. The molecule has 2 aromatic rings. The van der Waals surface area contributed by atoms with E-state index in [1.807, 2.05) is 12.1 Å². The maximum Gasteiger partial charge on any atom is 0.292 e. The molecule has 1 aromatic carbocycles. The third-order valence-electron chi connectivity index (χ3n) is 3.96. The van der Waals surface area contributed by atoms with Crippen molar-refractivity contribution in [3.8, 4) is 11.3 Å². The van der Waals surface area contributed by atoms with Gasteiger partial charge >= 0.3 is 0 Å². The van der Waals surface area contributed by atoms with Gasteiger partial charge in [0, 0.05) is 42.7 Å². The van der Waals surface area contributed by atoms with Crippen molar-refractivity contribution in [3.63, 3.8) is 0 Å². The number of nitrogens with one attached hydrogen (secondary N) is 1. The molecule has 7 heteroatoms. The van der Waals surface area contributed by atoms with Crippen molar-refractivity contribution >= 4 is 23.4 Å². The number of piperidine rings is 1. The minimum atomic E-state index is -0.217. The fraction of sp³-hybridized carbons (Fsp3) is 0.353. The van der Waals surface area contributed by atoms with E-state index in [0.717, 1.165) is 18.4 Å². The van der Waals surface area contributed by atoms with Crippen LogP contribution in [-0.4, -0.2) is 41.0 Å². The second-order valence-corrected chi connectivity index (χ2v) is 6.31. The van der Waals surface area contributed by atoms with Crippen LogP contribution in [-0.2, 0) is 4.79 Å². The molecule has 1 aliphatic heterocycles. The van der Waals surface area contributed by atoms with Crippen molar-refractivity contribution in [3.05, 3.63) is 41.1 Å². The van der Waals surface area contributed by atoms with Gasteiger partial charge in [-0.05, 0) is 25.0 Å². The highest BCUT2D eigenvalue weighted by Crippen LogP contribution is 2.23. The fourth-order valence-electron chi connectivity index (χ4n) is 2.88. The Hall–Kier alpha value is -2.34. The molecule has 24 heavy (non-hydrogen) atoms. The first-order valence-corrected chi connectivity index (χ1v) is 8.20. The largest absolute Gasteiger partial charge is 0.352 e. The smallest absolute Gasteiger partial charge is 0.292 e. The predicted molar refractivity (Wildman–Crippen MR) is 89.7 cm³/mol. The SMILES string of the molecule is CC(=O)NC1CCCN(C(=O)c2cc(-c3cccc(Cl)c3)no2)C1. The summed E-state index contributed by atoms with van der Waals surface area (Å²) >= 11 is 5.98. The highest BCUT2D eigenvalue weighted by molar-refractivity contribution is 6.30. The summed E-state index contributed by atoms with van der Waals surface area (Å²) < 4.78 is 5.22. The molecule has 0 aliphatic carbocycles. The Balaban J connectivity index is 1.72. The zero-order chi connectivity index (χ0) is 17.1. The number of carbonyl (C=O) groups excluding carboxylic acids is 2. The third kappa shape index (κ3) is 3.76. The molecule has 0 spiro atoms. The molecule has 1 N–H and O–H groups in total. The van der Waals surface area contributed by atoms with Crippen LogP contribution in [0.25, 0.3) is 11.3 Å². The van der Waals surface area contributed by atoms with E-state index in [1.54, 1.807) is 23.1 Å². The number of halogens is 1. The summed E-state index contributed by atoms with van der Waals surface area (Å²) in [7, 11) is 0. The summed E-state index contributed by atoms with van der Waals surface area (Å²) in [5, 5.41) is 7.42. The molecule has 1 atom stereocenters. The van der Waals surface area contributed by atoms with Gasteiger partial charge < -0.3 is 14.7 Å². The number of likely N-dealkylation sites (tertiary alicyclic amines) is 1. The Morgan fingerprint density at radius 2 is 2.21 bits per heavy atom. The lowest BCUT2D eigenvalue weighted by Gasteiger charge is -2.32. The topological polar surface area (TPSA) is 75.4 Å². The second kappa shape index (κ2) is 7.05. The molecule has 2 heterocycles. The van der Waals surface area contributed by atoms with Crippen molar-refractivity contribution in [1.82, 2.24) is 15.4 Å². The van der Waals surface area contributed by atoms with E-state index in [-0.39, 0.29) is 23.6 Å². The molecule has 0 saturated carbocycles. The van der Waals surface area contributed by atoms with Crippen LogP contribution in [0.5, 0.6) is 0 Å². The van der Waals surface area contributed by atoms with Crippen molar-refractivity contribution in [2.75, 3.05) is 13.1 Å². The molecule has 1 aromatic heterocycles. The van der Waals surface area contributed by atoms with Gasteiger partial charge in [0.1, 0.15) is 5.69 Å². The average molecular weight is 348 g/mol. The fourth-order valence-corrected chi connectivity index (χ4v) is 3.07. The Kier molecular flexibility index (Phi) is 4.85. The maximum absolute atomic E-state index is 12.6. The van der Waals surface area contributed by atoms with E-state index in [2.05, 4.69) is 10.5 Å². The molecule has 1 saturated heterocycles. The van der Waals surface area contributed by atoms with Crippen LogP contribution in [0.4, 0.5) is 0 Å². The highest BCUT2D eigenvalue weighted by Gasteiger charge is 2.27. The molecular formula is C17H18ClN3O3. The second-order valence-electron chi connectivity index (χ2n) is 5.88.